The zero-order valence-electron chi connectivity index (χ0n) is 5.51. The van der Waals surface area contributed by atoms with Gasteiger partial charge in [-0.25, -0.2) is 9.97 Å². The zero-order chi connectivity index (χ0) is 8.10. The van der Waals surface area contributed by atoms with Gasteiger partial charge in [-0.3, -0.25) is 0 Å². The monoisotopic (exact) mass is 274 g/mol. The summed E-state index contributed by atoms with van der Waals surface area (Å²) in [5, 5.41) is 0.657. The summed E-state index contributed by atoms with van der Waals surface area (Å²) in [5.41, 5.74) is 0.688. The highest BCUT2D eigenvalue weighted by Crippen LogP contribution is 2.01. The molecule has 56 valence electrons. The second kappa shape index (κ2) is 4.47. The summed E-state index contributed by atoms with van der Waals surface area (Å²) in [5.74, 6) is 5.66. The minimum absolute atomic E-state index is 0.657. The van der Waals surface area contributed by atoms with Gasteiger partial charge in [0.1, 0.15) is 10.3 Å². The molecule has 0 atom stereocenters. The summed E-state index contributed by atoms with van der Waals surface area (Å²) in [4.78, 5) is 7.98. The number of alkyl halides is 1. The van der Waals surface area contributed by atoms with E-state index in [0.717, 1.165) is 4.60 Å². The van der Waals surface area contributed by atoms with Crippen molar-refractivity contribution < 1.29 is 0 Å². The van der Waals surface area contributed by atoms with Crippen LogP contribution >= 0.6 is 31.9 Å². The van der Waals surface area contributed by atoms with Crippen molar-refractivity contribution in [1.29, 1.82) is 0 Å². The summed E-state index contributed by atoms with van der Waals surface area (Å²) in [7, 11) is 0. The fraction of sp³-hybridized carbons (Fsp3) is 0.143. The minimum atomic E-state index is 0.657. The molecule has 0 aromatic carbocycles. The van der Waals surface area contributed by atoms with Gasteiger partial charge in [0.05, 0.1) is 17.7 Å². The quantitative estimate of drug-likeness (QED) is 0.535. The van der Waals surface area contributed by atoms with Crippen molar-refractivity contribution in [2.45, 2.75) is 0 Å². The van der Waals surface area contributed by atoms with E-state index >= 15 is 0 Å². The van der Waals surface area contributed by atoms with Crippen molar-refractivity contribution >= 4 is 31.9 Å². The van der Waals surface area contributed by atoms with Crippen molar-refractivity contribution in [3.8, 4) is 11.8 Å². The molecular formula is C7H4Br2N2. The van der Waals surface area contributed by atoms with Gasteiger partial charge >= 0.3 is 0 Å². The fourth-order valence-electron chi connectivity index (χ4n) is 0.501. The highest BCUT2D eigenvalue weighted by Gasteiger charge is 1.88. The maximum absolute atomic E-state index is 4.01. The van der Waals surface area contributed by atoms with Crippen LogP contribution in [-0.4, -0.2) is 15.3 Å². The number of aromatic nitrogens is 2. The molecule has 2 nitrogen and oxygen atoms in total. The first-order chi connectivity index (χ1) is 5.33. The van der Waals surface area contributed by atoms with Crippen LogP contribution < -0.4 is 0 Å². The average Bonchev–Trinajstić information content (AvgIpc) is 2.04. The van der Waals surface area contributed by atoms with Crippen LogP contribution in [0.1, 0.15) is 5.69 Å². The Labute approximate surface area is 81.7 Å². The molecule has 0 N–H and O–H groups in total. The first-order valence-corrected chi connectivity index (χ1v) is 4.77. The Bertz CT molecular complexity index is 284. The van der Waals surface area contributed by atoms with E-state index in [-0.39, 0.29) is 0 Å². The Morgan fingerprint density at radius 2 is 2.18 bits per heavy atom. The molecule has 0 aliphatic heterocycles. The summed E-state index contributed by atoms with van der Waals surface area (Å²) in [6.45, 7) is 0. The molecule has 0 bridgehead atoms. The zero-order valence-corrected chi connectivity index (χ0v) is 8.68. The highest BCUT2D eigenvalue weighted by molar-refractivity contribution is 9.10. The van der Waals surface area contributed by atoms with Crippen LogP contribution in [-0.2, 0) is 0 Å². The molecule has 0 spiro atoms. The molecule has 1 rings (SSSR count). The topological polar surface area (TPSA) is 25.8 Å². The number of nitrogens with zero attached hydrogens (tertiary/aromatic N) is 2. The van der Waals surface area contributed by atoms with Crippen LogP contribution in [0.25, 0.3) is 0 Å². The van der Waals surface area contributed by atoms with Crippen molar-refractivity contribution in [2.24, 2.45) is 0 Å². The van der Waals surface area contributed by atoms with Gasteiger partial charge in [0.2, 0.25) is 0 Å². The molecule has 0 aliphatic rings. The van der Waals surface area contributed by atoms with Crippen LogP contribution in [0.2, 0.25) is 0 Å². The second-order valence-electron chi connectivity index (χ2n) is 1.66. The van der Waals surface area contributed by atoms with Gasteiger partial charge < -0.3 is 0 Å². The first-order valence-electron chi connectivity index (χ1n) is 2.85. The van der Waals surface area contributed by atoms with Gasteiger partial charge in [-0.2, -0.15) is 0 Å². The minimum Gasteiger partial charge on any atom is -0.245 e. The van der Waals surface area contributed by atoms with E-state index in [0.29, 0.717) is 11.0 Å². The molecule has 1 aromatic heterocycles. The summed E-state index contributed by atoms with van der Waals surface area (Å²) in [6.07, 6.45) is 3.25. The lowest BCUT2D eigenvalue weighted by atomic mass is 10.4. The fourth-order valence-corrected chi connectivity index (χ4v) is 0.846. The van der Waals surface area contributed by atoms with E-state index in [1.54, 1.807) is 12.4 Å². The molecular weight excluding hydrogens is 272 g/mol. The van der Waals surface area contributed by atoms with Crippen molar-refractivity contribution in [3.05, 3.63) is 22.7 Å². The van der Waals surface area contributed by atoms with Crippen LogP contribution in [0.5, 0.6) is 0 Å². The van der Waals surface area contributed by atoms with E-state index in [1.807, 2.05) is 0 Å². The number of halogens is 2. The smallest absolute Gasteiger partial charge is 0.131 e. The van der Waals surface area contributed by atoms with Crippen LogP contribution in [0.4, 0.5) is 0 Å². The molecule has 0 saturated heterocycles. The van der Waals surface area contributed by atoms with Gasteiger partial charge in [-0.05, 0) is 21.9 Å². The first kappa shape index (κ1) is 8.69. The normalized spacial score (nSPS) is 8.55. The number of rotatable bonds is 0. The lowest BCUT2D eigenvalue weighted by molar-refractivity contribution is 1.14. The molecule has 0 saturated carbocycles. The van der Waals surface area contributed by atoms with E-state index in [9.17, 15) is 0 Å². The maximum Gasteiger partial charge on any atom is 0.131 e. The Kier molecular flexibility index (Phi) is 3.53. The van der Waals surface area contributed by atoms with Crippen molar-refractivity contribution in [3.63, 3.8) is 0 Å². The molecule has 0 amide bonds. The summed E-state index contributed by atoms with van der Waals surface area (Å²) < 4.78 is 0.724. The molecule has 1 heterocycles. The lowest BCUT2D eigenvalue weighted by Crippen LogP contribution is -1.84. The third-order valence-corrected chi connectivity index (χ3v) is 1.59. The SMILES string of the molecule is BrCC#Cc1cnc(Br)cn1. The summed E-state index contributed by atoms with van der Waals surface area (Å²) in [6, 6.07) is 0. The predicted molar refractivity (Wildman–Crippen MR) is 50.4 cm³/mol. The van der Waals surface area contributed by atoms with Crippen LogP contribution in [0.15, 0.2) is 17.0 Å². The van der Waals surface area contributed by atoms with Gasteiger partial charge in [-0.15, -0.1) is 0 Å². The highest BCUT2D eigenvalue weighted by atomic mass is 79.9. The van der Waals surface area contributed by atoms with E-state index in [1.165, 1.54) is 0 Å². The van der Waals surface area contributed by atoms with Gasteiger partial charge in [-0.1, -0.05) is 21.9 Å². The number of hydrogen-bond acceptors (Lipinski definition) is 2. The second-order valence-corrected chi connectivity index (χ2v) is 3.03. The van der Waals surface area contributed by atoms with Gasteiger partial charge in [0.15, 0.2) is 0 Å². The average molecular weight is 276 g/mol. The largest absolute Gasteiger partial charge is 0.245 e. The summed E-state index contributed by atoms with van der Waals surface area (Å²) >= 11 is 6.37. The Morgan fingerprint density at radius 1 is 1.36 bits per heavy atom. The predicted octanol–water partition coefficient (Wildman–Crippen LogP) is 1.99. The molecule has 0 unspecified atom stereocenters. The molecule has 0 radical (unpaired) electrons. The van der Waals surface area contributed by atoms with E-state index < -0.39 is 0 Å². The Balaban J connectivity index is 2.82. The molecule has 0 aliphatic carbocycles. The van der Waals surface area contributed by atoms with Crippen molar-refractivity contribution in [1.82, 2.24) is 9.97 Å². The van der Waals surface area contributed by atoms with Crippen molar-refractivity contribution in [2.75, 3.05) is 5.33 Å². The standard InChI is InChI=1S/C7H4Br2N2/c8-3-1-2-6-4-11-7(9)5-10-6/h4-5H,3H2. The Hall–Kier alpha value is -0.400. The van der Waals surface area contributed by atoms with Gasteiger partial charge in [0, 0.05) is 0 Å². The molecule has 4 heteroatoms. The Morgan fingerprint density at radius 3 is 2.73 bits per heavy atom. The van der Waals surface area contributed by atoms with Crippen LogP contribution in [0, 0.1) is 11.8 Å². The van der Waals surface area contributed by atoms with E-state index in [2.05, 4.69) is 53.7 Å². The molecule has 1 aromatic rings. The van der Waals surface area contributed by atoms with Gasteiger partial charge in [0.25, 0.3) is 0 Å². The van der Waals surface area contributed by atoms with E-state index in [4.69, 9.17) is 0 Å². The maximum atomic E-state index is 4.01. The number of hydrogen-bond donors (Lipinski definition) is 0. The lowest BCUT2D eigenvalue weighted by Gasteiger charge is -1.87. The third-order valence-electron chi connectivity index (χ3n) is 0.904. The molecule has 0 fully saturated rings. The van der Waals surface area contributed by atoms with Crippen LogP contribution in [0.3, 0.4) is 0 Å². The third kappa shape index (κ3) is 3.00. The molecule has 11 heavy (non-hydrogen) atoms.